The van der Waals surface area contributed by atoms with Gasteiger partial charge in [-0.05, 0) is 42.5 Å². The van der Waals surface area contributed by atoms with Gasteiger partial charge in [0.1, 0.15) is 18.5 Å². The van der Waals surface area contributed by atoms with Crippen LogP contribution in [-0.4, -0.2) is 30.1 Å². The van der Waals surface area contributed by atoms with Gasteiger partial charge >= 0.3 is 0 Å². The van der Waals surface area contributed by atoms with Gasteiger partial charge < -0.3 is 5.32 Å². The zero-order chi connectivity index (χ0) is 21.4. The summed E-state index contributed by atoms with van der Waals surface area (Å²) in [5, 5.41) is 9.41. The number of fused-ring (bicyclic) bond motifs is 1. The first kappa shape index (κ1) is 19.4. The molecule has 10 heteroatoms. The van der Waals surface area contributed by atoms with Crippen molar-refractivity contribution in [1.29, 1.82) is 0 Å². The molecule has 5 rings (SSSR count). The highest BCUT2D eigenvalue weighted by Crippen LogP contribution is 2.26. The molecule has 0 saturated carbocycles. The van der Waals surface area contributed by atoms with E-state index in [0.29, 0.717) is 16.4 Å². The Kier molecular flexibility index (Phi) is 4.97. The summed E-state index contributed by atoms with van der Waals surface area (Å²) >= 11 is 7.56. The summed E-state index contributed by atoms with van der Waals surface area (Å²) in [5.41, 5.74) is 3.52. The van der Waals surface area contributed by atoms with Crippen LogP contribution < -0.4 is 5.32 Å². The van der Waals surface area contributed by atoms with Gasteiger partial charge in [-0.3, -0.25) is 9.20 Å². The Balaban J connectivity index is 1.39. The third kappa shape index (κ3) is 3.92. The van der Waals surface area contributed by atoms with Crippen LogP contribution in [0.2, 0.25) is 5.02 Å². The van der Waals surface area contributed by atoms with Crippen molar-refractivity contribution in [1.82, 2.24) is 24.1 Å². The molecule has 0 bridgehead atoms. The van der Waals surface area contributed by atoms with Gasteiger partial charge in [0.2, 0.25) is 5.91 Å². The van der Waals surface area contributed by atoms with E-state index >= 15 is 0 Å². The molecule has 0 saturated heterocycles. The van der Waals surface area contributed by atoms with Crippen molar-refractivity contribution < 1.29 is 9.18 Å². The summed E-state index contributed by atoms with van der Waals surface area (Å²) in [6.45, 7) is 0. The normalized spacial score (nSPS) is 11.2. The lowest BCUT2D eigenvalue weighted by Gasteiger charge is -2.11. The summed E-state index contributed by atoms with van der Waals surface area (Å²) in [5.74, 6) is -0.506. The van der Waals surface area contributed by atoms with Crippen molar-refractivity contribution >= 4 is 39.5 Å². The molecule has 0 aliphatic carbocycles. The highest BCUT2D eigenvalue weighted by Gasteiger charge is 2.15. The minimum Gasteiger partial charge on any atom is -0.324 e. The zero-order valence-electron chi connectivity index (χ0n) is 15.9. The molecule has 0 fully saturated rings. The van der Waals surface area contributed by atoms with Crippen molar-refractivity contribution in [3.63, 3.8) is 0 Å². The Labute approximate surface area is 184 Å². The number of carbonyl (C=O) groups is 1. The molecule has 0 aliphatic rings. The zero-order valence-corrected chi connectivity index (χ0v) is 17.4. The van der Waals surface area contributed by atoms with E-state index in [1.54, 1.807) is 41.3 Å². The number of hydrogen-bond donors (Lipinski definition) is 1. The van der Waals surface area contributed by atoms with Crippen LogP contribution >= 0.6 is 22.9 Å². The number of hydrogen-bond acceptors (Lipinski definition) is 5. The van der Waals surface area contributed by atoms with Gasteiger partial charge in [-0.15, -0.1) is 11.3 Å². The third-order valence-electron chi connectivity index (χ3n) is 4.66. The van der Waals surface area contributed by atoms with Gasteiger partial charge in [0.15, 0.2) is 4.96 Å². The molecule has 7 nitrogen and oxygen atoms in total. The minimum atomic E-state index is -0.298. The largest absolute Gasteiger partial charge is 0.324 e. The Morgan fingerprint density at radius 2 is 2.03 bits per heavy atom. The van der Waals surface area contributed by atoms with E-state index < -0.39 is 0 Å². The van der Waals surface area contributed by atoms with Crippen molar-refractivity contribution in [3.05, 3.63) is 83.2 Å². The minimum absolute atomic E-state index is 0.141. The van der Waals surface area contributed by atoms with E-state index in [2.05, 4.69) is 20.4 Å². The lowest BCUT2D eigenvalue weighted by Crippen LogP contribution is -2.17. The van der Waals surface area contributed by atoms with Crippen molar-refractivity contribution in [2.24, 2.45) is 0 Å². The summed E-state index contributed by atoms with van der Waals surface area (Å²) in [4.78, 5) is 22.1. The Bertz CT molecular complexity index is 1380. The van der Waals surface area contributed by atoms with Gasteiger partial charge in [0.25, 0.3) is 0 Å². The Morgan fingerprint density at radius 3 is 2.81 bits per heavy atom. The predicted octanol–water partition coefficient (Wildman–Crippen LogP) is 4.62. The number of rotatable bonds is 5. The van der Waals surface area contributed by atoms with Crippen molar-refractivity contribution in [3.8, 4) is 16.9 Å². The smallest absolute Gasteiger partial charge is 0.230 e. The van der Waals surface area contributed by atoms with E-state index in [9.17, 15) is 9.18 Å². The molecular formula is C21H14ClFN6OS. The van der Waals surface area contributed by atoms with Crippen LogP contribution in [0.5, 0.6) is 0 Å². The molecule has 0 aliphatic heterocycles. The third-order valence-corrected chi connectivity index (χ3v) is 5.79. The molecule has 5 aromatic rings. The van der Waals surface area contributed by atoms with Gasteiger partial charge in [0, 0.05) is 27.9 Å². The molecule has 0 radical (unpaired) electrons. The Hall–Kier alpha value is -3.56. The molecule has 3 aromatic heterocycles. The average Bonchev–Trinajstić information content (AvgIpc) is 3.48. The monoisotopic (exact) mass is 452 g/mol. The first-order valence-electron chi connectivity index (χ1n) is 9.22. The summed E-state index contributed by atoms with van der Waals surface area (Å²) < 4.78 is 16.6. The molecule has 3 heterocycles. The molecule has 154 valence electrons. The average molecular weight is 453 g/mol. The topological polar surface area (TPSA) is 77.1 Å². The van der Waals surface area contributed by atoms with E-state index in [4.69, 9.17) is 11.6 Å². The maximum atomic E-state index is 13.2. The SMILES string of the molecule is O=C(Cc1csc2nc(-c3ccc(F)cc3)cn12)Nc1cc(Cl)ccc1-n1cncn1. The number of carbonyl (C=O) groups excluding carboxylic acids is 1. The van der Waals surface area contributed by atoms with E-state index in [-0.39, 0.29) is 18.1 Å². The fourth-order valence-corrected chi connectivity index (χ4v) is 4.26. The highest BCUT2D eigenvalue weighted by molar-refractivity contribution is 7.15. The number of aromatic nitrogens is 5. The van der Waals surface area contributed by atoms with Crippen LogP contribution in [0.15, 0.2) is 66.7 Å². The van der Waals surface area contributed by atoms with Crippen LogP contribution in [0.4, 0.5) is 10.1 Å². The molecule has 0 unspecified atom stereocenters. The maximum absolute atomic E-state index is 13.2. The summed E-state index contributed by atoms with van der Waals surface area (Å²) in [6.07, 6.45) is 4.95. The van der Waals surface area contributed by atoms with Crippen LogP contribution in [0.3, 0.4) is 0 Å². The second kappa shape index (κ2) is 7.93. The number of imidazole rings is 1. The number of thiazole rings is 1. The number of benzene rings is 2. The van der Waals surface area contributed by atoms with E-state index in [1.165, 1.54) is 29.8 Å². The van der Waals surface area contributed by atoms with Crippen molar-refractivity contribution in [2.75, 3.05) is 5.32 Å². The number of amides is 1. The first-order chi connectivity index (χ1) is 15.1. The first-order valence-corrected chi connectivity index (χ1v) is 10.5. The summed E-state index contributed by atoms with van der Waals surface area (Å²) in [7, 11) is 0. The lowest BCUT2D eigenvalue weighted by molar-refractivity contribution is -0.115. The van der Waals surface area contributed by atoms with Crippen molar-refractivity contribution in [2.45, 2.75) is 6.42 Å². The van der Waals surface area contributed by atoms with Crippen LogP contribution in [0.1, 0.15) is 5.69 Å². The van der Waals surface area contributed by atoms with Crippen LogP contribution in [-0.2, 0) is 11.2 Å². The molecular weight excluding hydrogens is 439 g/mol. The molecule has 0 atom stereocenters. The second-order valence-electron chi connectivity index (χ2n) is 6.74. The second-order valence-corrected chi connectivity index (χ2v) is 8.01. The standard InChI is InChI=1S/C21H14ClFN6OS/c22-14-3-6-19(29-12-24-11-25-29)17(7-14)26-20(30)8-16-10-31-21-27-18(9-28(16)21)13-1-4-15(23)5-2-13/h1-7,9-12H,8H2,(H,26,30). The van der Waals surface area contributed by atoms with E-state index in [0.717, 1.165) is 21.9 Å². The Morgan fingerprint density at radius 1 is 1.19 bits per heavy atom. The lowest BCUT2D eigenvalue weighted by atomic mass is 10.2. The van der Waals surface area contributed by atoms with Gasteiger partial charge in [0.05, 0.1) is 23.5 Å². The molecule has 31 heavy (non-hydrogen) atoms. The summed E-state index contributed by atoms with van der Waals surface area (Å²) in [6, 6.07) is 11.3. The van der Waals surface area contributed by atoms with Gasteiger partial charge in [-0.1, -0.05) is 11.6 Å². The number of halogens is 2. The van der Waals surface area contributed by atoms with E-state index in [1.807, 2.05) is 16.0 Å². The molecule has 0 spiro atoms. The highest BCUT2D eigenvalue weighted by atomic mass is 35.5. The van der Waals surface area contributed by atoms with Gasteiger partial charge in [-0.25, -0.2) is 19.0 Å². The molecule has 1 amide bonds. The fraction of sp³-hybridized carbons (Fsp3) is 0.0476. The van der Waals surface area contributed by atoms with Crippen LogP contribution in [0.25, 0.3) is 21.9 Å². The fourth-order valence-electron chi connectivity index (χ4n) is 3.22. The number of nitrogens with one attached hydrogen (secondary N) is 1. The van der Waals surface area contributed by atoms with Gasteiger partial charge in [-0.2, -0.15) is 5.10 Å². The number of nitrogens with zero attached hydrogens (tertiary/aromatic N) is 5. The predicted molar refractivity (Wildman–Crippen MR) is 117 cm³/mol. The molecule has 2 aromatic carbocycles. The maximum Gasteiger partial charge on any atom is 0.230 e. The van der Waals surface area contributed by atoms with Crippen LogP contribution in [0, 0.1) is 5.82 Å². The molecule has 1 N–H and O–H groups in total. The number of anilines is 1. The quantitative estimate of drug-likeness (QED) is 0.422.